The minimum Gasteiger partial charge on any atom is -0.396 e. The van der Waals surface area contributed by atoms with Gasteiger partial charge < -0.3 is 10.0 Å². The molecule has 5 heteroatoms. The first-order valence-electron chi connectivity index (χ1n) is 5.15. The number of hydrogen-bond acceptors (Lipinski definition) is 3. The van der Waals surface area contributed by atoms with Gasteiger partial charge in [0.2, 0.25) is 5.91 Å². The van der Waals surface area contributed by atoms with Crippen LogP contribution in [0.1, 0.15) is 6.42 Å². The van der Waals surface area contributed by atoms with Crippen LogP contribution in [0.15, 0.2) is 18.5 Å². The molecule has 1 aromatic rings. The third-order valence-corrected chi connectivity index (χ3v) is 2.75. The van der Waals surface area contributed by atoms with Crippen molar-refractivity contribution < 1.29 is 9.90 Å². The Morgan fingerprint density at radius 2 is 2.47 bits per heavy atom. The van der Waals surface area contributed by atoms with E-state index in [4.69, 9.17) is 5.11 Å². The van der Waals surface area contributed by atoms with Gasteiger partial charge in [0.1, 0.15) is 6.54 Å². The van der Waals surface area contributed by atoms with Crippen LogP contribution >= 0.6 is 0 Å². The van der Waals surface area contributed by atoms with Crippen molar-refractivity contribution in [2.75, 3.05) is 19.7 Å². The number of nitrogens with zero attached hydrogens (tertiary/aromatic N) is 3. The van der Waals surface area contributed by atoms with E-state index in [2.05, 4.69) is 5.10 Å². The number of carbonyl (C=O) groups is 1. The zero-order valence-electron chi connectivity index (χ0n) is 8.54. The quantitative estimate of drug-likeness (QED) is 0.745. The third-order valence-electron chi connectivity index (χ3n) is 2.75. The van der Waals surface area contributed by atoms with Gasteiger partial charge in [-0.05, 0) is 12.5 Å². The van der Waals surface area contributed by atoms with E-state index in [0.717, 1.165) is 13.0 Å². The van der Waals surface area contributed by atoms with Crippen LogP contribution in [-0.2, 0) is 11.3 Å². The summed E-state index contributed by atoms with van der Waals surface area (Å²) in [6.45, 7) is 1.90. The number of rotatable bonds is 3. The van der Waals surface area contributed by atoms with Gasteiger partial charge in [-0.25, -0.2) is 0 Å². The van der Waals surface area contributed by atoms with Crippen LogP contribution in [-0.4, -0.2) is 45.4 Å². The summed E-state index contributed by atoms with van der Waals surface area (Å²) >= 11 is 0. The van der Waals surface area contributed by atoms with E-state index in [1.807, 2.05) is 0 Å². The lowest BCUT2D eigenvalue weighted by molar-refractivity contribution is -0.131. The summed E-state index contributed by atoms with van der Waals surface area (Å²) in [4.78, 5) is 13.6. The minimum atomic E-state index is 0.0784. The number of carbonyl (C=O) groups excluding carboxylic acids is 1. The summed E-state index contributed by atoms with van der Waals surface area (Å²) in [5.74, 6) is 0.334. The van der Waals surface area contributed by atoms with E-state index in [1.54, 1.807) is 28.0 Å². The molecule has 1 aliphatic rings. The van der Waals surface area contributed by atoms with Crippen molar-refractivity contribution in [2.24, 2.45) is 5.92 Å². The second kappa shape index (κ2) is 4.44. The third kappa shape index (κ3) is 2.36. The Morgan fingerprint density at radius 1 is 1.60 bits per heavy atom. The van der Waals surface area contributed by atoms with E-state index in [-0.39, 0.29) is 18.4 Å². The Morgan fingerprint density at radius 3 is 3.07 bits per heavy atom. The average molecular weight is 209 g/mol. The maximum Gasteiger partial charge on any atom is 0.244 e. The summed E-state index contributed by atoms with van der Waals surface area (Å²) in [5, 5.41) is 13.0. The fourth-order valence-electron chi connectivity index (χ4n) is 1.84. The molecule has 0 radical (unpaired) electrons. The second-order valence-electron chi connectivity index (χ2n) is 3.88. The zero-order valence-corrected chi connectivity index (χ0v) is 8.54. The Labute approximate surface area is 88.3 Å². The highest BCUT2D eigenvalue weighted by Crippen LogP contribution is 2.15. The fourth-order valence-corrected chi connectivity index (χ4v) is 1.84. The lowest BCUT2D eigenvalue weighted by atomic mass is 10.1. The van der Waals surface area contributed by atoms with Crippen LogP contribution in [0.25, 0.3) is 0 Å². The molecule has 0 aliphatic carbocycles. The molecule has 0 saturated carbocycles. The zero-order chi connectivity index (χ0) is 10.7. The van der Waals surface area contributed by atoms with E-state index in [1.165, 1.54) is 0 Å². The normalized spacial score (nSPS) is 20.9. The Balaban J connectivity index is 1.87. The van der Waals surface area contributed by atoms with Gasteiger partial charge in [-0.15, -0.1) is 0 Å². The molecule has 0 aromatic carbocycles. The molecule has 0 bridgehead atoms. The highest BCUT2D eigenvalue weighted by atomic mass is 16.3. The summed E-state index contributed by atoms with van der Waals surface area (Å²) < 4.78 is 1.62. The van der Waals surface area contributed by atoms with Gasteiger partial charge in [0.15, 0.2) is 0 Å². The first kappa shape index (κ1) is 10.2. The van der Waals surface area contributed by atoms with E-state index >= 15 is 0 Å². The van der Waals surface area contributed by atoms with Gasteiger partial charge in [-0.2, -0.15) is 5.10 Å². The number of amides is 1. The highest BCUT2D eigenvalue weighted by Gasteiger charge is 2.25. The van der Waals surface area contributed by atoms with E-state index in [0.29, 0.717) is 13.1 Å². The molecular weight excluding hydrogens is 194 g/mol. The summed E-state index contributed by atoms with van der Waals surface area (Å²) in [6, 6.07) is 1.80. The minimum absolute atomic E-state index is 0.0784. The molecule has 0 spiro atoms. The van der Waals surface area contributed by atoms with Crippen LogP contribution in [0.3, 0.4) is 0 Å². The van der Waals surface area contributed by atoms with Crippen LogP contribution in [0.5, 0.6) is 0 Å². The SMILES string of the molecule is O=C(Cn1cccn1)N1CCC(CO)C1. The summed E-state index contributed by atoms with van der Waals surface area (Å²) in [6.07, 6.45) is 4.34. The van der Waals surface area contributed by atoms with Gasteiger partial charge in [-0.1, -0.05) is 0 Å². The van der Waals surface area contributed by atoms with Crippen LogP contribution < -0.4 is 0 Å². The first-order valence-corrected chi connectivity index (χ1v) is 5.15. The van der Waals surface area contributed by atoms with Gasteiger partial charge in [0, 0.05) is 38.0 Å². The molecule has 15 heavy (non-hydrogen) atoms. The molecule has 1 fully saturated rings. The molecule has 82 valence electrons. The van der Waals surface area contributed by atoms with Crippen molar-refractivity contribution in [1.82, 2.24) is 14.7 Å². The molecule has 2 rings (SSSR count). The fraction of sp³-hybridized carbons (Fsp3) is 0.600. The smallest absolute Gasteiger partial charge is 0.244 e. The van der Waals surface area contributed by atoms with Gasteiger partial charge in [-0.3, -0.25) is 9.48 Å². The summed E-state index contributed by atoms with van der Waals surface area (Å²) in [5.41, 5.74) is 0. The standard InChI is InChI=1S/C10H15N3O2/c14-8-9-2-5-12(6-9)10(15)7-13-4-1-3-11-13/h1,3-4,9,14H,2,5-8H2. The number of aromatic nitrogens is 2. The largest absolute Gasteiger partial charge is 0.396 e. The lowest BCUT2D eigenvalue weighted by Gasteiger charge is -2.15. The number of likely N-dealkylation sites (tertiary alicyclic amines) is 1. The van der Waals surface area contributed by atoms with Crippen molar-refractivity contribution in [3.05, 3.63) is 18.5 Å². The highest BCUT2D eigenvalue weighted by molar-refractivity contribution is 5.76. The van der Waals surface area contributed by atoms with Crippen molar-refractivity contribution >= 4 is 5.91 Å². The van der Waals surface area contributed by atoms with Gasteiger partial charge in [0.25, 0.3) is 0 Å². The average Bonchev–Trinajstić information content (AvgIpc) is 2.86. The number of aliphatic hydroxyl groups excluding tert-OH is 1. The molecule has 1 unspecified atom stereocenters. The molecule has 1 aromatic heterocycles. The summed E-state index contributed by atoms with van der Waals surface area (Å²) in [7, 11) is 0. The molecule has 2 heterocycles. The van der Waals surface area contributed by atoms with Crippen LogP contribution in [0.2, 0.25) is 0 Å². The molecule has 1 N–H and O–H groups in total. The molecule has 1 aliphatic heterocycles. The Bertz CT molecular complexity index is 323. The van der Waals surface area contributed by atoms with E-state index < -0.39 is 0 Å². The monoisotopic (exact) mass is 209 g/mol. The maximum atomic E-state index is 11.8. The first-order chi connectivity index (χ1) is 7.29. The van der Waals surface area contributed by atoms with Gasteiger partial charge in [0.05, 0.1) is 0 Å². The maximum absolute atomic E-state index is 11.8. The molecule has 5 nitrogen and oxygen atoms in total. The number of aliphatic hydroxyl groups is 1. The van der Waals surface area contributed by atoms with Crippen LogP contribution in [0.4, 0.5) is 0 Å². The van der Waals surface area contributed by atoms with E-state index in [9.17, 15) is 4.79 Å². The van der Waals surface area contributed by atoms with Crippen molar-refractivity contribution in [3.63, 3.8) is 0 Å². The molecule has 1 saturated heterocycles. The second-order valence-corrected chi connectivity index (χ2v) is 3.88. The Kier molecular flexibility index (Phi) is 3.01. The lowest BCUT2D eigenvalue weighted by Crippen LogP contribution is -2.32. The topological polar surface area (TPSA) is 58.4 Å². The van der Waals surface area contributed by atoms with Crippen molar-refractivity contribution in [2.45, 2.75) is 13.0 Å². The molecule has 1 amide bonds. The predicted molar refractivity (Wildman–Crippen MR) is 54.0 cm³/mol. The molecular formula is C10H15N3O2. The van der Waals surface area contributed by atoms with Crippen molar-refractivity contribution in [3.8, 4) is 0 Å². The van der Waals surface area contributed by atoms with Gasteiger partial charge >= 0.3 is 0 Å². The molecule has 1 atom stereocenters. The van der Waals surface area contributed by atoms with Crippen molar-refractivity contribution in [1.29, 1.82) is 0 Å². The Hall–Kier alpha value is -1.36. The predicted octanol–water partition coefficient (Wildman–Crippen LogP) is -0.276. The van der Waals surface area contributed by atoms with Crippen LogP contribution in [0, 0.1) is 5.92 Å². The number of hydrogen-bond donors (Lipinski definition) is 1.